The molecule has 0 bridgehead atoms. The van der Waals surface area contributed by atoms with Gasteiger partial charge in [-0.15, -0.1) is 0 Å². The van der Waals surface area contributed by atoms with Crippen molar-refractivity contribution >= 4 is 17.2 Å². The largest absolute Gasteiger partial charge is 0.343 e. The molecule has 0 unspecified atom stereocenters. The molecule has 0 aromatic heterocycles. The van der Waals surface area contributed by atoms with Crippen LogP contribution in [0.5, 0.6) is 0 Å². The fourth-order valence-electron chi connectivity index (χ4n) is 1.47. The summed E-state index contributed by atoms with van der Waals surface area (Å²) in [6, 6.07) is 19.6. The van der Waals surface area contributed by atoms with Crippen molar-refractivity contribution in [1.29, 1.82) is 0 Å². The molecule has 0 heterocycles. The molecule has 3 heteroatoms. The first kappa shape index (κ1) is 11.4. The number of rotatable bonds is 3. The van der Waals surface area contributed by atoms with Gasteiger partial charge in [0.15, 0.2) is 0 Å². The molecule has 0 atom stereocenters. The van der Waals surface area contributed by atoms with Gasteiger partial charge in [-0.1, -0.05) is 36.4 Å². The van der Waals surface area contributed by atoms with E-state index in [0.29, 0.717) is 6.54 Å². The van der Waals surface area contributed by atoms with E-state index in [2.05, 4.69) is 10.3 Å². The number of hydrogen-bond donors (Lipinski definition) is 2. The second kappa shape index (κ2) is 5.82. The fourth-order valence-corrected chi connectivity index (χ4v) is 1.47. The first-order valence-electron chi connectivity index (χ1n) is 5.53. The van der Waals surface area contributed by atoms with Crippen LogP contribution in [0.15, 0.2) is 65.7 Å². The molecular weight excluding hydrogens is 210 g/mol. The topological polar surface area (TPSA) is 50.4 Å². The molecule has 2 rings (SSSR count). The molecule has 0 aliphatic rings. The number of hydrogen-bond acceptors (Lipinski definition) is 2. The van der Waals surface area contributed by atoms with Crippen molar-refractivity contribution in [3.63, 3.8) is 0 Å². The molecule has 3 nitrogen and oxygen atoms in total. The van der Waals surface area contributed by atoms with E-state index < -0.39 is 0 Å². The number of anilines is 1. The molecule has 3 N–H and O–H groups in total. The normalized spacial score (nSPS) is 11.2. The van der Waals surface area contributed by atoms with Gasteiger partial charge in [0.2, 0.25) is 0 Å². The summed E-state index contributed by atoms with van der Waals surface area (Å²) >= 11 is 0. The van der Waals surface area contributed by atoms with Gasteiger partial charge in [-0.05, 0) is 24.3 Å². The molecule has 2 aromatic rings. The molecule has 86 valence electrons. The fraction of sp³-hybridized carbons (Fsp3) is 0.0714. The molecule has 0 radical (unpaired) electrons. The highest BCUT2D eigenvalue weighted by Crippen LogP contribution is 2.11. The van der Waals surface area contributed by atoms with Crippen LogP contribution in [0.4, 0.5) is 11.4 Å². The highest BCUT2D eigenvalue weighted by molar-refractivity contribution is 5.98. The Balaban J connectivity index is 2.15. The third-order valence-electron chi connectivity index (χ3n) is 2.28. The zero-order valence-corrected chi connectivity index (χ0v) is 9.51. The van der Waals surface area contributed by atoms with Crippen molar-refractivity contribution in [2.24, 2.45) is 10.7 Å². The molecule has 0 aliphatic carbocycles. The number of nitrogens with one attached hydrogen (secondary N) is 1. The summed E-state index contributed by atoms with van der Waals surface area (Å²) in [7, 11) is 0. The minimum absolute atomic E-state index is 0.379. The van der Waals surface area contributed by atoms with Gasteiger partial charge in [-0.2, -0.15) is 0 Å². The molecule has 0 amide bonds. The van der Waals surface area contributed by atoms with Gasteiger partial charge in [0.05, 0.1) is 12.2 Å². The first-order chi connectivity index (χ1) is 8.38. The second-order valence-corrected chi connectivity index (χ2v) is 3.59. The molecule has 0 fully saturated rings. The lowest BCUT2D eigenvalue weighted by Crippen LogP contribution is -2.22. The third kappa shape index (κ3) is 3.43. The lowest BCUT2D eigenvalue weighted by Gasteiger charge is -2.07. The van der Waals surface area contributed by atoms with Crippen LogP contribution in [0.2, 0.25) is 0 Å². The highest BCUT2D eigenvalue weighted by Gasteiger charge is 1.97. The van der Waals surface area contributed by atoms with Crippen LogP contribution in [-0.2, 0) is 0 Å². The highest BCUT2D eigenvalue weighted by atomic mass is 15.0. The van der Waals surface area contributed by atoms with Gasteiger partial charge in [0, 0.05) is 5.69 Å². The molecule has 17 heavy (non-hydrogen) atoms. The Morgan fingerprint density at radius 1 is 0.941 bits per heavy atom. The average molecular weight is 225 g/mol. The van der Waals surface area contributed by atoms with Crippen LogP contribution < -0.4 is 11.1 Å². The summed E-state index contributed by atoms with van der Waals surface area (Å²) in [5, 5.41) is 3.20. The molecule has 0 saturated heterocycles. The van der Waals surface area contributed by atoms with Crippen molar-refractivity contribution in [1.82, 2.24) is 0 Å². The minimum atomic E-state index is 0.379. The van der Waals surface area contributed by atoms with Crippen LogP contribution in [-0.4, -0.2) is 12.4 Å². The summed E-state index contributed by atoms with van der Waals surface area (Å²) in [6.45, 7) is 0.379. The predicted octanol–water partition coefficient (Wildman–Crippen LogP) is 2.79. The summed E-state index contributed by atoms with van der Waals surface area (Å²) in [5.41, 5.74) is 7.57. The Morgan fingerprint density at radius 2 is 1.53 bits per heavy atom. The van der Waals surface area contributed by atoms with Gasteiger partial charge < -0.3 is 11.1 Å². The number of amidine groups is 1. The lowest BCUT2D eigenvalue weighted by molar-refractivity contribution is 1.27. The van der Waals surface area contributed by atoms with Gasteiger partial charge in [0.25, 0.3) is 0 Å². The Labute approximate surface area is 101 Å². The van der Waals surface area contributed by atoms with Crippen LogP contribution in [0.1, 0.15) is 0 Å². The van der Waals surface area contributed by atoms with Gasteiger partial charge in [-0.3, -0.25) is 0 Å². The van der Waals surface area contributed by atoms with Crippen LogP contribution in [0, 0.1) is 0 Å². The standard InChI is InChI=1S/C14H15N3/c15-11-14(16-12-7-3-1-4-8-12)17-13-9-5-2-6-10-13/h1-10H,11,15H2,(H,16,17). The van der Waals surface area contributed by atoms with E-state index in [-0.39, 0.29) is 0 Å². The number of benzene rings is 2. The third-order valence-corrected chi connectivity index (χ3v) is 2.28. The molecule has 0 aliphatic heterocycles. The van der Waals surface area contributed by atoms with E-state index in [1.165, 1.54) is 0 Å². The Bertz CT molecular complexity index is 477. The molecule has 2 aromatic carbocycles. The summed E-state index contributed by atoms with van der Waals surface area (Å²) in [6.07, 6.45) is 0. The van der Waals surface area contributed by atoms with Gasteiger partial charge in [-0.25, -0.2) is 4.99 Å². The maximum atomic E-state index is 5.68. The van der Waals surface area contributed by atoms with E-state index >= 15 is 0 Å². The summed E-state index contributed by atoms with van der Waals surface area (Å²) in [5.74, 6) is 0.752. The SMILES string of the molecule is NCC(=Nc1ccccc1)Nc1ccccc1. The van der Waals surface area contributed by atoms with Crippen molar-refractivity contribution in [3.05, 3.63) is 60.7 Å². The van der Waals surface area contributed by atoms with E-state index in [9.17, 15) is 0 Å². The van der Waals surface area contributed by atoms with Gasteiger partial charge >= 0.3 is 0 Å². The number of para-hydroxylation sites is 2. The second-order valence-electron chi connectivity index (χ2n) is 3.59. The molecular formula is C14H15N3. The Morgan fingerprint density at radius 3 is 2.12 bits per heavy atom. The smallest absolute Gasteiger partial charge is 0.120 e. The van der Waals surface area contributed by atoms with Crippen molar-refractivity contribution < 1.29 is 0 Å². The zero-order valence-electron chi connectivity index (χ0n) is 9.51. The average Bonchev–Trinajstić information content (AvgIpc) is 2.40. The van der Waals surface area contributed by atoms with Crippen LogP contribution in [0.3, 0.4) is 0 Å². The molecule has 0 spiro atoms. The van der Waals surface area contributed by atoms with E-state index in [1.54, 1.807) is 0 Å². The Hall–Kier alpha value is -2.13. The number of nitrogens with two attached hydrogens (primary N) is 1. The summed E-state index contributed by atoms with van der Waals surface area (Å²) < 4.78 is 0. The minimum Gasteiger partial charge on any atom is -0.343 e. The number of aliphatic imine (C=N–C) groups is 1. The van der Waals surface area contributed by atoms with Crippen molar-refractivity contribution in [3.8, 4) is 0 Å². The van der Waals surface area contributed by atoms with Crippen LogP contribution in [0.25, 0.3) is 0 Å². The van der Waals surface area contributed by atoms with E-state index in [1.807, 2.05) is 60.7 Å². The predicted molar refractivity (Wildman–Crippen MR) is 72.7 cm³/mol. The van der Waals surface area contributed by atoms with Crippen LogP contribution >= 0.6 is 0 Å². The van der Waals surface area contributed by atoms with E-state index in [4.69, 9.17) is 5.73 Å². The Kier molecular flexibility index (Phi) is 3.89. The van der Waals surface area contributed by atoms with Crippen molar-refractivity contribution in [2.75, 3.05) is 11.9 Å². The maximum Gasteiger partial charge on any atom is 0.120 e. The van der Waals surface area contributed by atoms with E-state index in [0.717, 1.165) is 17.2 Å². The number of nitrogens with zero attached hydrogens (tertiary/aromatic N) is 1. The lowest BCUT2D eigenvalue weighted by atomic mass is 10.3. The van der Waals surface area contributed by atoms with Crippen molar-refractivity contribution in [2.45, 2.75) is 0 Å². The molecule has 0 saturated carbocycles. The first-order valence-corrected chi connectivity index (χ1v) is 5.53. The summed E-state index contributed by atoms with van der Waals surface area (Å²) in [4.78, 5) is 4.45. The maximum absolute atomic E-state index is 5.68. The zero-order chi connectivity index (χ0) is 11.9. The quantitative estimate of drug-likeness (QED) is 0.623. The monoisotopic (exact) mass is 225 g/mol. The van der Waals surface area contributed by atoms with Gasteiger partial charge in [0.1, 0.15) is 5.84 Å².